The van der Waals surface area contributed by atoms with Crippen LogP contribution in [0.1, 0.15) is 57.1 Å². The van der Waals surface area contributed by atoms with Crippen molar-refractivity contribution in [3.8, 4) is 0 Å². The van der Waals surface area contributed by atoms with Crippen molar-refractivity contribution in [1.82, 2.24) is 10.6 Å². The van der Waals surface area contributed by atoms with Gasteiger partial charge in [-0.3, -0.25) is 4.79 Å². The molecule has 4 bridgehead atoms. The van der Waals surface area contributed by atoms with Gasteiger partial charge in [-0.1, -0.05) is 23.7 Å². The van der Waals surface area contributed by atoms with E-state index < -0.39 is 0 Å². The van der Waals surface area contributed by atoms with Crippen molar-refractivity contribution >= 4 is 17.5 Å². The fourth-order valence-electron chi connectivity index (χ4n) is 5.97. The second-order valence-corrected chi connectivity index (χ2v) is 9.28. The van der Waals surface area contributed by atoms with E-state index in [-0.39, 0.29) is 11.9 Å². The summed E-state index contributed by atoms with van der Waals surface area (Å²) in [6.07, 6.45) is 8.38. The predicted molar refractivity (Wildman–Crippen MR) is 101 cm³/mol. The molecule has 1 amide bonds. The third kappa shape index (κ3) is 3.88. The molecular formula is C21H29ClN2O. The molecule has 4 saturated carbocycles. The van der Waals surface area contributed by atoms with Gasteiger partial charge in [0, 0.05) is 17.6 Å². The van der Waals surface area contributed by atoms with Crippen LogP contribution in [0, 0.1) is 23.2 Å². The summed E-state index contributed by atoms with van der Waals surface area (Å²) in [7, 11) is 0. The highest BCUT2D eigenvalue weighted by Gasteiger charge is 2.50. The molecule has 0 aliphatic heterocycles. The Kier molecular flexibility index (Phi) is 4.81. The lowest BCUT2D eigenvalue weighted by Crippen LogP contribution is -2.51. The highest BCUT2D eigenvalue weighted by Crippen LogP contribution is 2.59. The van der Waals surface area contributed by atoms with Gasteiger partial charge >= 0.3 is 0 Å². The maximum atomic E-state index is 12.3. The fraction of sp³-hybridized carbons (Fsp3) is 0.667. The Morgan fingerprint density at radius 3 is 2.24 bits per heavy atom. The Hall–Kier alpha value is -1.06. The molecule has 1 aromatic rings. The number of carbonyl (C=O) groups excluding carboxylic acids is 1. The minimum absolute atomic E-state index is 0.122. The van der Waals surface area contributed by atoms with Crippen LogP contribution in [0.25, 0.3) is 0 Å². The summed E-state index contributed by atoms with van der Waals surface area (Å²) in [4.78, 5) is 12.3. The monoisotopic (exact) mass is 360 g/mol. The normalized spacial score (nSPS) is 34.1. The number of rotatable bonds is 6. The smallest absolute Gasteiger partial charge is 0.233 e. The molecule has 0 aromatic heterocycles. The summed E-state index contributed by atoms with van der Waals surface area (Å²) < 4.78 is 0. The lowest BCUT2D eigenvalue weighted by atomic mass is 9.49. The van der Waals surface area contributed by atoms with Crippen LogP contribution in [-0.2, 0) is 4.79 Å². The molecule has 1 atom stereocenters. The number of hydrogen-bond acceptors (Lipinski definition) is 2. The van der Waals surface area contributed by atoms with E-state index in [1.807, 2.05) is 24.3 Å². The summed E-state index contributed by atoms with van der Waals surface area (Å²) in [6.45, 7) is 3.33. The molecule has 5 rings (SSSR count). The number of amides is 1. The molecule has 0 unspecified atom stereocenters. The van der Waals surface area contributed by atoms with Crippen molar-refractivity contribution in [2.45, 2.75) is 51.5 Å². The molecule has 25 heavy (non-hydrogen) atoms. The molecule has 0 spiro atoms. The van der Waals surface area contributed by atoms with Gasteiger partial charge in [0.1, 0.15) is 0 Å². The average Bonchev–Trinajstić information content (AvgIpc) is 2.57. The van der Waals surface area contributed by atoms with Crippen molar-refractivity contribution in [1.29, 1.82) is 0 Å². The second kappa shape index (κ2) is 6.92. The number of hydrogen-bond donors (Lipinski definition) is 2. The zero-order chi connectivity index (χ0) is 17.4. The molecule has 0 radical (unpaired) electrons. The lowest BCUT2D eigenvalue weighted by Gasteiger charge is -2.56. The van der Waals surface area contributed by atoms with Gasteiger partial charge in [0.25, 0.3) is 0 Å². The van der Waals surface area contributed by atoms with E-state index in [0.717, 1.165) is 34.9 Å². The molecule has 4 fully saturated rings. The van der Waals surface area contributed by atoms with Crippen LogP contribution in [-0.4, -0.2) is 19.0 Å². The maximum Gasteiger partial charge on any atom is 0.233 e. The van der Waals surface area contributed by atoms with Crippen LogP contribution in [0.4, 0.5) is 0 Å². The van der Waals surface area contributed by atoms with Crippen LogP contribution in [0.2, 0.25) is 5.02 Å². The van der Waals surface area contributed by atoms with E-state index in [1.165, 1.54) is 38.5 Å². The summed E-state index contributed by atoms with van der Waals surface area (Å²) in [5, 5.41) is 7.29. The minimum atomic E-state index is 0.122. The first-order chi connectivity index (χ1) is 12.0. The van der Waals surface area contributed by atoms with E-state index in [0.29, 0.717) is 12.0 Å². The van der Waals surface area contributed by atoms with Crippen LogP contribution in [0.15, 0.2) is 24.3 Å². The minimum Gasteiger partial charge on any atom is -0.354 e. The van der Waals surface area contributed by atoms with Crippen LogP contribution in [0.3, 0.4) is 0 Å². The Morgan fingerprint density at radius 1 is 1.12 bits per heavy atom. The van der Waals surface area contributed by atoms with Gasteiger partial charge in [0.05, 0.1) is 6.54 Å². The topological polar surface area (TPSA) is 41.1 Å². The van der Waals surface area contributed by atoms with Gasteiger partial charge in [-0.2, -0.15) is 0 Å². The third-order valence-electron chi connectivity index (χ3n) is 6.76. The van der Waals surface area contributed by atoms with Crippen molar-refractivity contribution in [3.05, 3.63) is 34.9 Å². The number of carbonyl (C=O) groups is 1. The fourth-order valence-corrected chi connectivity index (χ4v) is 6.10. The van der Waals surface area contributed by atoms with E-state index in [1.54, 1.807) is 0 Å². The number of benzene rings is 1. The Balaban J connectivity index is 1.25. The largest absolute Gasteiger partial charge is 0.354 e. The molecular weight excluding hydrogens is 332 g/mol. The van der Waals surface area contributed by atoms with Gasteiger partial charge in [0.2, 0.25) is 5.91 Å². The van der Waals surface area contributed by atoms with E-state index >= 15 is 0 Å². The molecule has 0 heterocycles. The zero-order valence-electron chi connectivity index (χ0n) is 15.1. The Bertz CT molecular complexity index is 592. The van der Waals surface area contributed by atoms with E-state index in [9.17, 15) is 4.79 Å². The first-order valence-electron chi connectivity index (χ1n) is 9.77. The SMILES string of the molecule is C[C@@H](NCC(=O)NCC12CC3CC(CC(C3)C1)C2)c1ccc(Cl)cc1. The van der Waals surface area contributed by atoms with Gasteiger partial charge in [-0.05, 0) is 86.3 Å². The van der Waals surface area contributed by atoms with Crippen LogP contribution < -0.4 is 10.6 Å². The van der Waals surface area contributed by atoms with Gasteiger partial charge in [0.15, 0.2) is 0 Å². The van der Waals surface area contributed by atoms with Crippen molar-refractivity contribution in [3.63, 3.8) is 0 Å². The second-order valence-electron chi connectivity index (χ2n) is 8.85. The first-order valence-corrected chi connectivity index (χ1v) is 10.1. The lowest BCUT2D eigenvalue weighted by molar-refractivity contribution is -0.122. The summed E-state index contributed by atoms with van der Waals surface area (Å²) >= 11 is 5.93. The number of nitrogens with one attached hydrogen (secondary N) is 2. The zero-order valence-corrected chi connectivity index (χ0v) is 15.8. The van der Waals surface area contributed by atoms with E-state index in [2.05, 4.69) is 17.6 Å². The predicted octanol–water partition coefficient (Wildman–Crippen LogP) is 4.32. The molecule has 4 aliphatic carbocycles. The van der Waals surface area contributed by atoms with Crippen molar-refractivity contribution in [2.75, 3.05) is 13.1 Å². The molecule has 2 N–H and O–H groups in total. The molecule has 136 valence electrons. The molecule has 4 aliphatic rings. The van der Waals surface area contributed by atoms with Gasteiger partial charge in [-0.15, -0.1) is 0 Å². The quantitative estimate of drug-likeness (QED) is 0.793. The maximum absolute atomic E-state index is 12.3. The van der Waals surface area contributed by atoms with Crippen molar-refractivity contribution in [2.24, 2.45) is 23.2 Å². The van der Waals surface area contributed by atoms with Gasteiger partial charge in [-0.25, -0.2) is 0 Å². The van der Waals surface area contributed by atoms with Gasteiger partial charge < -0.3 is 10.6 Å². The molecule has 4 heteroatoms. The summed E-state index contributed by atoms with van der Waals surface area (Å²) in [6, 6.07) is 7.94. The molecule has 0 saturated heterocycles. The highest BCUT2D eigenvalue weighted by atomic mass is 35.5. The molecule has 1 aromatic carbocycles. The highest BCUT2D eigenvalue weighted by molar-refractivity contribution is 6.30. The van der Waals surface area contributed by atoms with Crippen molar-refractivity contribution < 1.29 is 4.79 Å². The Labute approximate surface area is 155 Å². The average molecular weight is 361 g/mol. The standard InChI is InChI=1S/C21H29ClN2O/c1-14(18-2-4-19(22)5-3-18)23-12-20(25)24-13-21-9-15-6-16(10-21)8-17(7-15)11-21/h2-5,14-17,23H,6-13H2,1H3,(H,24,25)/t14-,15?,16?,17?,21?/m1/s1. The number of halogens is 1. The first kappa shape index (κ1) is 17.4. The third-order valence-corrected chi connectivity index (χ3v) is 7.02. The summed E-state index contributed by atoms with van der Waals surface area (Å²) in [5.41, 5.74) is 1.56. The Morgan fingerprint density at radius 2 is 1.68 bits per heavy atom. The molecule has 3 nitrogen and oxygen atoms in total. The van der Waals surface area contributed by atoms with Crippen LogP contribution in [0.5, 0.6) is 0 Å². The summed E-state index contributed by atoms with van der Waals surface area (Å²) in [5.74, 6) is 2.93. The van der Waals surface area contributed by atoms with E-state index in [4.69, 9.17) is 11.6 Å². The van der Waals surface area contributed by atoms with Crippen LogP contribution >= 0.6 is 11.6 Å².